The number of rotatable bonds is 5. The minimum absolute atomic E-state index is 0. The van der Waals surface area contributed by atoms with E-state index in [1.54, 1.807) is 37.4 Å². The van der Waals surface area contributed by atoms with Crippen LogP contribution in [-0.4, -0.2) is 88.1 Å². The van der Waals surface area contributed by atoms with E-state index < -0.39 is 28.4 Å². The van der Waals surface area contributed by atoms with Crippen molar-refractivity contribution in [2.75, 3.05) is 0 Å². The maximum absolute atomic E-state index is 6.25. The Morgan fingerprint density at radius 2 is 0.557 bits per heavy atom. The number of benzene rings is 5. The van der Waals surface area contributed by atoms with Crippen molar-refractivity contribution in [2.45, 2.75) is 14.9 Å². The number of halogens is 7. The van der Waals surface area contributed by atoms with Gasteiger partial charge in [0, 0.05) is 63.2 Å². The van der Waals surface area contributed by atoms with Gasteiger partial charge in [-0.05, 0) is 59.5 Å². The zero-order valence-corrected chi connectivity index (χ0v) is 61.4. The minimum atomic E-state index is -3.06. The van der Waals surface area contributed by atoms with Crippen molar-refractivity contribution in [2.24, 2.45) is 0 Å². The molecule has 416 valence electrons. The van der Waals surface area contributed by atoms with E-state index >= 15 is 0 Å². The van der Waals surface area contributed by atoms with Crippen LogP contribution in [0.4, 0.5) is 0 Å². The summed E-state index contributed by atoms with van der Waals surface area (Å²) in [6.07, 6.45) is 8.98. The Morgan fingerprint density at radius 1 is 0.367 bits per heavy atom. The molecule has 0 saturated heterocycles. The second kappa shape index (κ2) is 60.0. The molecule has 0 aliphatic carbocycles. The summed E-state index contributed by atoms with van der Waals surface area (Å²) in [5.74, 6) is 0. The molecule has 0 fully saturated rings. The molecule has 0 saturated carbocycles. The van der Waals surface area contributed by atoms with Gasteiger partial charge in [-0.3, -0.25) is 9.97 Å². The van der Waals surface area contributed by atoms with Crippen molar-refractivity contribution in [1.29, 1.82) is 10.5 Å². The summed E-state index contributed by atoms with van der Waals surface area (Å²) in [5.41, 5.74) is 10.4. The summed E-state index contributed by atoms with van der Waals surface area (Å²) in [6, 6.07) is 82.6. The van der Waals surface area contributed by atoms with E-state index in [2.05, 4.69) is 76.8 Å². The van der Waals surface area contributed by atoms with Crippen LogP contribution in [0.5, 0.6) is 0 Å². The normalized spacial score (nSPS) is 8.82. The van der Waals surface area contributed by atoms with Gasteiger partial charge in [0.1, 0.15) is 0 Å². The van der Waals surface area contributed by atoms with Gasteiger partial charge in [0.15, 0.2) is 0 Å². The topological polar surface area (TPSA) is 112 Å². The average molecular weight is 1960 g/mol. The molecule has 0 amide bonds. The molecule has 20 heteroatoms. The van der Waals surface area contributed by atoms with E-state index in [4.69, 9.17) is 80.2 Å². The first-order valence-corrected chi connectivity index (χ1v) is 57.4. The van der Waals surface area contributed by atoms with Crippen LogP contribution in [0.25, 0.3) is 56.3 Å². The van der Waals surface area contributed by atoms with Gasteiger partial charge in [-0.15, -0.1) is 108 Å². The molecule has 79 heavy (non-hydrogen) atoms. The van der Waals surface area contributed by atoms with Crippen LogP contribution in [-0.2, 0) is 68.2 Å². The average Bonchev–Trinajstić information content (AvgIpc) is 3.52. The molecule has 0 spiro atoms. The zero-order chi connectivity index (χ0) is 56.3. The van der Waals surface area contributed by atoms with Crippen LogP contribution in [0.15, 0.2) is 255 Å². The van der Waals surface area contributed by atoms with Gasteiger partial charge >= 0.3 is 176 Å². The number of hydrogen-bond acceptors (Lipinski definition) is 7. The fourth-order valence-corrected chi connectivity index (χ4v) is 5.51. The van der Waals surface area contributed by atoms with Gasteiger partial charge in [-0.25, -0.2) is 0 Å². The summed E-state index contributed by atoms with van der Waals surface area (Å²) in [4.78, 5) is 21.2. The summed E-state index contributed by atoms with van der Waals surface area (Å²) < 4.78 is 0. The molecule has 10 aromatic rings. The number of aromatic nitrogens is 5. The number of hydrogen-bond donors (Lipinski definition) is 0. The molecule has 0 atom stereocenters. The third-order valence-corrected chi connectivity index (χ3v) is 8.42. The summed E-state index contributed by atoms with van der Waals surface area (Å²) in [6.45, 7) is 9.50. The quantitative estimate of drug-likeness (QED) is 0.125. The monoisotopic (exact) mass is 1960 g/mol. The summed E-state index contributed by atoms with van der Waals surface area (Å²) >= 11 is 0.583. The molecule has 0 radical (unpaired) electrons. The van der Waals surface area contributed by atoms with Crippen molar-refractivity contribution in [3.8, 4) is 56.3 Å². The molecular weight excluding hydrogens is 1910 g/mol. The maximum atomic E-state index is 6.25. The predicted molar refractivity (Wildman–Crippen MR) is 321 cm³/mol. The smallest absolute Gasteiger partial charge is 0.0701 e. The first-order chi connectivity index (χ1) is 37.2. The van der Waals surface area contributed by atoms with Crippen LogP contribution in [0.1, 0.15) is 14.9 Å². The summed E-state index contributed by atoms with van der Waals surface area (Å²) in [5, 5.41) is 12.5. The van der Waals surface area contributed by atoms with Crippen molar-refractivity contribution in [3.63, 3.8) is 0 Å². The van der Waals surface area contributed by atoms with Gasteiger partial charge < -0.3 is 38.6 Å². The SMILES string of the molecule is C.C.[C-]#N.[C-]#N.[Cl][Pt+].[Cl][Pt]([Cl])([Cl])[Cl].[Cl][Pt][Cl].[K][K].[Pt].[c-]1ccccc1-c1ccccn1.[c-]1ccccc1-c1ccccn1.[c-]1ccccc1-c1ccccn1.c1ccc(-c2ccccn2)cc1.c1ccc(-c2ccccn2)cc1. The van der Waals surface area contributed by atoms with E-state index in [9.17, 15) is 0 Å². The van der Waals surface area contributed by atoms with E-state index in [0.717, 1.165) is 56.3 Å². The predicted octanol–water partition coefficient (Wildman–Crippen LogP) is 18.7. The maximum Gasteiger partial charge on any atom is 0.0701 e. The van der Waals surface area contributed by atoms with Gasteiger partial charge in [0.2, 0.25) is 0 Å². The zero-order valence-electron chi connectivity index (χ0n) is 40.8. The standard InChI is InChI=1S/2C11H9N.3C11H8N.2CN.2CH4.7ClH.2K.4Pt/c5*1-2-6-10(7-3-1)11-8-4-5-9-12-11;2*1-2;;;;;;;;;;;;;;;/h2*1-9H;3*1-6,8-9H;;;2*1H4;7*1H;;;;;;/q;;5*-1;;;;;;;;;;;;;2*+2;+4/p-7. The molecule has 0 aliphatic heterocycles. The van der Waals surface area contributed by atoms with E-state index in [-0.39, 0.29) is 35.9 Å². The number of nitrogens with zero attached hydrogens (tertiary/aromatic N) is 7. The third kappa shape index (κ3) is 44.1. The fraction of sp³-hybridized carbons (Fsp3) is 0.0339. The van der Waals surface area contributed by atoms with Gasteiger partial charge in [0.05, 0.1) is 11.4 Å². The van der Waals surface area contributed by atoms with Crippen molar-refractivity contribution < 1.29 is 68.2 Å². The second-order valence-corrected chi connectivity index (χ2v) is 35.9. The Bertz CT molecular complexity index is 2230. The Kier molecular flexibility index (Phi) is 64.1. The molecule has 5 aromatic carbocycles. The Balaban J connectivity index is -0.000000413. The Morgan fingerprint density at radius 3 is 0.734 bits per heavy atom. The van der Waals surface area contributed by atoms with Crippen LogP contribution >= 0.6 is 65.9 Å². The van der Waals surface area contributed by atoms with E-state index in [1.165, 1.54) is 63.2 Å². The second-order valence-electron chi connectivity index (χ2n) is 13.0. The number of pyridine rings is 5. The van der Waals surface area contributed by atoms with Crippen LogP contribution in [0.3, 0.4) is 0 Å². The molecule has 0 bridgehead atoms. The largest absolute Gasteiger partial charge is 0.305 e. The van der Waals surface area contributed by atoms with Gasteiger partial charge in [0.25, 0.3) is 0 Å². The Hall–Kier alpha value is -1.11. The van der Waals surface area contributed by atoms with Crippen LogP contribution in [0, 0.1) is 41.9 Å². The molecule has 10 rings (SSSR count). The van der Waals surface area contributed by atoms with Crippen LogP contribution in [0.2, 0.25) is 0 Å². The van der Waals surface area contributed by atoms with Crippen molar-refractivity contribution >= 4 is 129 Å². The first kappa shape index (κ1) is 84.3. The molecule has 0 N–H and O–H groups in total. The van der Waals surface area contributed by atoms with E-state index in [0.29, 0.717) is 0 Å². The van der Waals surface area contributed by atoms with Crippen molar-refractivity contribution in [3.05, 3.63) is 287 Å². The Labute approximate surface area is 579 Å². The van der Waals surface area contributed by atoms with E-state index in [1.807, 2.05) is 213 Å². The molecule has 0 unspecified atom stereocenters. The molecule has 7 nitrogen and oxygen atoms in total. The molecule has 5 heterocycles. The van der Waals surface area contributed by atoms with Gasteiger partial charge in [-0.2, -0.15) is 0 Å². The minimum Gasteiger partial charge on any atom is -0.305 e. The molecule has 0 aliphatic rings. The third-order valence-electron chi connectivity index (χ3n) is 8.42. The summed E-state index contributed by atoms with van der Waals surface area (Å²) in [7, 11) is 34.4. The molecular formula is C59H50Cl7K2N7Pt4-4. The van der Waals surface area contributed by atoms with Crippen LogP contribution < -0.4 is 0 Å². The molecule has 5 aromatic heterocycles. The fourth-order valence-electron chi connectivity index (χ4n) is 5.51. The van der Waals surface area contributed by atoms with Crippen molar-refractivity contribution in [1.82, 2.24) is 24.9 Å². The van der Waals surface area contributed by atoms with Gasteiger partial charge in [-0.1, -0.05) is 124 Å². The first-order valence-electron chi connectivity index (χ1n) is 21.7.